The molecule has 5 nitrogen and oxygen atoms in total. The molecule has 1 heterocycles. The second kappa shape index (κ2) is 6.61. The Balaban J connectivity index is 1.91. The molecule has 2 N–H and O–H groups in total. The summed E-state index contributed by atoms with van der Waals surface area (Å²) in [5.41, 5.74) is 3.83. The Morgan fingerprint density at radius 1 is 1.38 bits per heavy atom. The Labute approximate surface area is 125 Å². The Morgan fingerprint density at radius 3 is 2.81 bits per heavy atom. The Bertz CT molecular complexity index is 542. The lowest BCUT2D eigenvalue weighted by molar-refractivity contribution is -0.136. The Hall–Kier alpha value is -2.04. The van der Waals surface area contributed by atoms with E-state index in [-0.39, 0.29) is 19.0 Å². The van der Waals surface area contributed by atoms with Crippen molar-refractivity contribution in [2.45, 2.75) is 32.6 Å². The van der Waals surface area contributed by atoms with Crippen molar-refractivity contribution in [1.29, 1.82) is 0 Å². The maximum atomic E-state index is 12.0. The molecular weight excluding hydrogens is 268 g/mol. The predicted octanol–water partition coefficient (Wildman–Crippen LogP) is 2.28. The Kier molecular flexibility index (Phi) is 4.83. The normalized spacial score (nSPS) is 17.8. The number of aliphatic carboxylic acids is 1. The van der Waals surface area contributed by atoms with E-state index in [1.54, 1.807) is 4.90 Å². The van der Waals surface area contributed by atoms with E-state index in [0.717, 1.165) is 13.0 Å². The van der Waals surface area contributed by atoms with Crippen LogP contribution in [0.2, 0.25) is 0 Å². The van der Waals surface area contributed by atoms with Crippen LogP contribution in [0.25, 0.3) is 0 Å². The fourth-order valence-corrected chi connectivity index (χ4v) is 2.87. The van der Waals surface area contributed by atoms with Gasteiger partial charge in [0.15, 0.2) is 0 Å². The number of benzene rings is 1. The standard InChI is InChI=1S/C16H22N2O3/c1-11-3-4-14(12(2)9-11)13-6-8-18(10-13)16(21)17-7-5-15(19)20/h3-4,9,13H,5-8,10H2,1-2H3,(H,17,21)(H,19,20). The van der Waals surface area contributed by atoms with Gasteiger partial charge in [-0.3, -0.25) is 4.79 Å². The molecule has 21 heavy (non-hydrogen) atoms. The minimum absolute atomic E-state index is 0.0416. The van der Waals surface area contributed by atoms with Crippen LogP contribution in [-0.4, -0.2) is 41.6 Å². The molecule has 0 spiro atoms. The summed E-state index contributed by atoms with van der Waals surface area (Å²) in [6, 6.07) is 6.27. The molecule has 0 saturated carbocycles. The Morgan fingerprint density at radius 2 is 2.14 bits per heavy atom. The first-order valence-corrected chi connectivity index (χ1v) is 7.29. The van der Waals surface area contributed by atoms with Crippen molar-refractivity contribution in [2.24, 2.45) is 0 Å². The third-order valence-electron chi connectivity index (χ3n) is 3.96. The van der Waals surface area contributed by atoms with Crippen molar-refractivity contribution in [3.05, 3.63) is 34.9 Å². The fraction of sp³-hybridized carbons (Fsp3) is 0.500. The van der Waals surface area contributed by atoms with Crippen molar-refractivity contribution >= 4 is 12.0 Å². The van der Waals surface area contributed by atoms with Gasteiger partial charge >= 0.3 is 12.0 Å². The van der Waals surface area contributed by atoms with Gasteiger partial charge in [-0.2, -0.15) is 0 Å². The number of amides is 2. The van der Waals surface area contributed by atoms with E-state index in [2.05, 4.69) is 37.4 Å². The van der Waals surface area contributed by atoms with Gasteiger partial charge in [-0.25, -0.2) is 4.79 Å². The molecule has 2 amide bonds. The molecule has 1 atom stereocenters. The molecule has 1 aromatic rings. The van der Waals surface area contributed by atoms with Crippen LogP contribution in [0.3, 0.4) is 0 Å². The van der Waals surface area contributed by atoms with Crippen molar-refractivity contribution in [3.63, 3.8) is 0 Å². The average Bonchev–Trinajstić information content (AvgIpc) is 2.87. The SMILES string of the molecule is Cc1ccc(C2CCN(C(=O)NCCC(=O)O)C2)c(C)c1. The fourth-order valence-electron chi connectivity index (χ4n) is 2.87. The first-order valence-electron chi connectivity index (χ1n) is 7.29. The summed E-state index contributed by atoms with van der Waals surface area (Å²) in [4.78, 5) is 24.2. The summed E-state index contributed by atoms with van der Waals surface area (Å²) in [5, 5.41) is 11.2. The maximum absolute atomic E-state index is 12.0. The van der Waals surface area contributed by atoms with Crippen LogP contribution in [-0.2, 0) is 4.79 Å². The molecule has 0 aromatic heterocycles. The zero-order chi connectivity index (χ0) is 15.4. The lowest BCUT2D eigenvalue weighted by Gasteiger charge is -2.18. The summed E-state index contributed by atoms with van der Waals surface area (Å²) < 4.78 is 0. The van der Waals surface area contributed by atoms with E-state index >= 15 is 0 Å². The smallest absolute Gasteiger partial charge is 0.317 e. The van der Waals surface area contributed by atoms with Crippen molar-refractivity contribution in [2.75, 3.05) is 19.6 Å². The van der Waals surface area contributed by atoms with Gasteiger partial charge in [-0.15, -0.1) is 0 Å². The van der Waals surface area contributed by atoms with Crippen LogP contribution in [0.15, 0.2) is 18.2 Å². The van der Waals surface area contributed by atoms with E-state index < -0.39 is 5.97 Å². The number of carboxylic acid groups (broad SMARTS) is 1. The second-order valence-corrected chi connectivity index (χ2v) is 5.67. The number of nitrogens with one attached hydrogen (secondary N) is 1. The van der Waals surface area contributed by atoms with Gasteiger partial charge in [-0.1, -0.05) is 23.8 Å². The number of hydrogen-bond donors (Lipinski definition) is 2. The summed E-state index contributed by atoms with van der Waals surface area (Å²) in [5.74, 6) is -0.527. The van der Waals surface area contributed by atoms with Gasteiger partial charge in [0, 0.05) is 25.6 Å². The number of hydrogen-bond acceptors (Lipinski definition) is 2. The summed E-state index contributed by atoms with van der Waals surface area (Å²) in [7, 11) is 0. The molecule has 1 saturated heterocycles. The monoisotopic (exact) mass is 290 g/mol. The highest BCUT2D eigenvalue weighted by molar-refractivity contribution is 5.75. The molecule has 1 aliphatic rings. The van der Waals surface area contributed by atoms with Gasteiger partial charge in [0.1, 0.15) is 0 Å². The van der Waals surface area contributed by atoms with Gasteiger partial charge in [0.05, 0.1) is 6.42 Å². The minimum Gasteiger partial charge on any atom is -0.481 e. The third-order valence-corrected chi connectivity index (χ3v) is 3.96. The molecule has 5 heteroatoms. The minimum atomic E-state index is -0.898. The summed E-state index contributed by atoms with van der Waals surface area (Å²) >= 11 is 0. The van der Waals surface area contributed by atoms with Crippen molar-refractivity contribution in [3.8, 4) is 0 Å². The van der Waals surface area contributed by atoms with Gasteiger partial charge < -0.3 is 15.3 Å². The molecule has 0 radical (unpaired) electrons. The van der Waals surface area contributed by atoms with Gasteiger partial charge in [0.2, 0.25) is 0 Å². The number of nitrogens with zero attached hydrogens (tertiary/aromatic N) is 1. The van der Waals surface area contributed by atoms with Crippen LogP contribution >= 0.6 is 0 Å². The van der Waals surface area contributed by atoms with E-state index in [4.69, 9.17) is 5.11 Å². The first kappa shape index (κ1) is 15.4. The van der Waals surface area contributed by atoms with Crippen molar-refractivity contribution in [1.82, 2.24) is 10.2 Å². The highest BCUT2D eigenvalue weighted by atomic mass is 16.4. The quantitative estimate of drug-likeness (QED) is 0.893. The number of aryl methyl sites for hydroxylation is 2. The maximum Gasteiger partial charge on any atom is 0.317 e. The van der Waals surface area contributed by atoms with Crippen LogP contribution in [0, 0.1) is 13.8 Å². The topological polar surface area (TPSA) is 69.6 Å². The van der Waals surface area contributed by atoms with Crippen LogP contribution in [0.5, 0.6) is 0 Å². The number of carbonyl (C=O) groups excluding carboxylic acids is 1. The lowest BCUT2D eigenvalue weighted by atomic mass is 9.93. The highest BCUT2D eigenvalue weighted by Crippen LogP contribution is 2.29. The van der Waals surface area contributed by atoms with E-state index in [0.29, 0.717) is 12.5 Å². The van der Waals surface area contributed by atoms with Gasteiger partial charge in [0.25, 0.3) is 0 Å². The van der Waals surface area contributed by atoms with Crippen LogP contribution in [0.1, 0.15) is 35.4 Å². The number of urea groups is 1. The molecule has 1 unspecified atom stereocenters. The first-order chi connectivity index (χ1) is 9.97. The van der Waals surface area contributed by atoms with E-state index in [9.17, 15) is 9.59 Å². The molecule has 114 valence electrons. The zero-order valence-corrected chi connectivity index (χ0v) is 12.6. The third kappa shape index (κ3) is 3.97. The lowest BCUT2D eigenvalue weighted by Crippen LogP contribution is -2.39. The van der Waals surface area contributed by atoms with E-state index in [1.807, 2.05) is 0 Å². The van der Waals surface area contributed by atoms with Gasteiger partial charge in [-0.05, 0) is 31.4 Å². The largest absolute Gasteiger partial charge is 0.481 e. The van der Waals surface area contributed by atoms with Crippen LogP contribution < -0.4 is 5.32 Å². The average molecular weight is 290 g/mol. The molecule has 0 aliphatic carbocycles. The molecule has 1 aromatic carbocycles. The second-order valence-electron chi connectivity index (χ2n) is 5.67. The summed E-state index contributed by atoms with van der Waals surface area (Å²) in [6.45, 7) is 5.78. The predicted molar refractivity (Wildman–Crippen MR) is 80.5 cm³/mol. The van der Waals surface area contributed by atoms with Crippen LogP contribution in [0.4, 0.5) is 4.79 Å². The number of carbonyl (C=O) groups is 2. The summed E-state index contributed by atoms with van der Waals surface area (Å²) in [6.07, 6.45) is 0.913. The number of rotatable bonds is 4. The number of carboxylic acids is 1. The molecule has 1 aliphatic heterocycles. The highest BCUT2D eigenvalue weighted by Gasteiger charge is 2.27. The molecule has 2 rings (SSSR count). The number of likely N-dealkylation sites (tertiary alicyclic amines) is 1. The van der Waals surface area contributed by atoms with E-state index in [1.165, 1.54) is 16.7 Å². The molecule has 1 fully saturated rings. The molecule has 0 bridgehead atoms. The zero-order valence-electron chi connectivity index (χ0n) is 12.6. The molecular formula is C16H22N2O3. The van der Waals surface area contributed by atoms with Crippen molar-refractivity contribution < 1.29 is 14.7 Å².